The molecule has 2 aromatic rings. The van der Waals surface area contributed by atoms with Crippen LogP contribution in [0.4, 0.5) is 14.5 Å². The summed E-state index contributed by atoms with van der Waals surface area (Å²) in [5, 5.41) is 13.0. The maximum atomic E-state index is 14.9. The van der Waals surface area contributed by atoms with E-state index in [4.69, 9.17) is 17.0 Å². The number of nitrogens with zero attached hydrogens (tertiary/aromatic N) is 4. The number of ether oxygens (including phenoxy) is 1. The number of hydrogen-bond donors (Lipinski definition) is 2. The molecule has 0 spiro atoms. The van der Waals surface area contributed by atoms with Crippen LogP contribution in [0.5, 0.6) is 0 Å². The highest BCUT2D eigenvalue weighted by atomic mass is 32.2. The first-order valence-electron chi connectivity index (χ1n) is 8.60. The van der Waals surface area contributed by atoms with Crippen LogP contribution < -0.4 is 10.2 Å². The normalized spacial score (nSPS) is 16.5. The lowest BCUT2D eigenvalue weighted by Gasteiger charge is -2.35. The molecule has 1 atom stereocenters. The molecular formula is C16H20F2N6O3S2. The standard InChI is InChI=1S/C16H20F2N6O3S2/c1-27-16(28)20-14(13-9-19-22-21-13)10-7-11(17)15(12(18)8-10)23-3-5-24(6-4-23)29(2,25)26/h7-9,14H,3-6H2,1-2H3,(H,20,28)(H,19,21,22). The Kier molecular flexibility index (Phi) is 6.29. The average Bonchev–Trinajstić information content (AvgIpc) is 3.19. The summed E-state index contributed by atoms with van der Waals surface area (Å²) in [5.41, 5.74) is 0.416. The number of sulfonamides is 1. The summed E-state index contributed by atoms with van der Waals surface area (Å²) in [5.74, 6) is -1.54. The van der Waals surface area contributed by atoms with Crippen LogP contribution in [-0.2, 0) is 14.8 Å². The van der Waals surface area contributed by atoms with Gasteiger partial charge in [-0.1, -0.05) is 0 Å². The maximum absolute atomic E-state index is 14.9. The smallest absolute Gasteiger partial charge is 0.257 e. The summed E-state index contributed by atoms with van der Waals surface area (Å²) in [4.78, 5) is 1.49. The monoisotopic (exact) mass is 446 g/mol. The first kappa shape index (κ1) is 21.3. The number of halogens is 2. The Hall–Kier alpha value is -2.38. The quantitative estimate of drug-likeness (QED) is 0.650. The molecule has 1 fully saturated rings. The van der Waals surface area contributed by atoms with Gasteiger partial charge in [0.25, 0.3) is 5.17 Å². The number of benzene rings is 1. The van der Waals surface area contributed by atoms with Crippen molar-refractivity contribution in [1.82, 2.24) is 25.0 Å². The van der Waals surface area contributed by atoms with Gasteiger partial charge in [0.15, 0.2) is 0 Å². The van der Waals surface area contributed by atoms with E-state index < -0.39 is 27.7 Å². The van der Waals surface area contributed by atoms with Crippen molar-refractivity contribution in [2.75, 3.05) is 44.4 Å². The highest BCUT2D eigenvalue weighted by Gasteiger charge is 2.28. The number of H-pyrrole nitrogens is 1. The molecule has 0 amide bonds. The molecule has 1 unspecified atom stereocenters. The zero-order chi connectivity index (χ0) is 21.2. The number of nitrogens with one attached hydrogen (secondary N) is 2. The molecule has 1 aliphatic rings. The van der Waals surface area contributed by atoms with Gasteiger partial charge in [0.1, 0.15) is 29.1 Å². The number of rotatable bonds is 5. The van der Waals surface area contributed by atoms with Crippen LogP contribution in [0.25, 0.3) is 0 Å². The molecule has 9 nitrogen and oxygen atoms in total. The van der Waals surface area contributed by atoms with E-state index in [0.717, 1.165) is 6.26 Å². The molecule has 1 saturated heterocycles. The van der Waals surface area contributed by atoms with Crippen LogP contribution in [0.3, 0.4) is 0 Å². The molecule has 3 rings (SSSR count). The Balaban J connectivity index is 1.88. The third-order valence-electron chi connectivity index (χ3n) is 4.57. The third kappa shape index (κ3) is 4.79. The summed E-state index contributed by atoms with van der Waals surface area (Å²) in [6.07, 6.45) is 2.52. The van der Waals surface area contributed by atoms with Crippen molar-refractivity contribution in [3.05, 3.63) is 41.2 Å². The Morgan fingerprint density at radius 3 is 2.38 bits per heavy atom. The minimum absolute atomic E-state index is 0.0276. The van der Waals surface area contributed by atoms with Crippen molar-refractivity contribution in [3.63, 3.8) is 0 Å². The van der Waals surface area contributed by atoms with Gasteiger partial charge < -0.3 is 15.0 Å². The first-order valence-corrected chi connectivity index (χ1v) is 10.9. The van der Waals surface area contributed by atoms with Gasteiger partial charge >= 0.3 is 0 Å². The van der Waals surface area contributed by atoms with Crippen LogP contribution in [0.2, 0.25) is 0 Å². The van der Waals surface area contributed by atoms with E-state index >= 15 is 0 Å². The number of thiocarbonyl (C=S) groups is 1. The van der Waals surface area contributed by atoms with E-state index in [-0.39, 0.29) is 42.6 Å². The lowest BCUT2D eigenvalue weighted by Crippen LogP contribution is -2.48. The minimum Gasteiger partial charge on any atom is -0.474 e. The molecule has 1 aliphatic heterocycles. The van der Waals surface area contributed by atoms with E-state index in [1.165, 1.54) is 34.6 Å². The number of aromatic amines is 1. The van der Waals surface area contributed by atoms with Gasteiger partial charge in [-0.3, -0.25) is 0 Å². The van der Waals surface area contributed by atoms with Gasteiger partial charge in [0, 0.05) is 26.2 Å². The molecule has 1 aromatic heterocycles. The van der Waals surface area contributed by atoms with Crippen molar-refractivity contribution >= 4 is 33.1 Å². The van der Waals surface area contributed by atoms with Crippen LogP contribution in [0.15, 0.2) is 18.3 Å². The van der Waals surface area contributed by atoms with Crippen LogP contribution in [0.1, 0.15) is 17.3 Å². The van der Waals surface area contributed by atoms with E-state index in [1.54, 1.807) is 0 Å². The summed E-state index contributed by atoms with van der Waals surface area (Å²) < 4.78 is 59.3. The second-order valence-corrected chi connectivity index (χ2v) is 8.80. The summed E-state index contributed by atoms with van der Waals surface area (Å²) in [6, 6.07) is 1.60. The molecule has 2 heterocycles. The molecule has 0 saturated carbocycles. The molecule has 0 aliphatic carbocycles. The molecule has 2 N–H and O–H groups in total. The fourth-order valence-electron chi connectivity index (χ4n) is 3.15. The molecule has 0 bridgehead atoms. The number of piperazine rings is 1. The fraction of sp³-hybridized carbons (Fsp3) is 0.438. The van der Waals surface area contributed by atoms with Gasteiger partial charge in [-0.15, -0.1) is 0 Å². The predicted octanol–water partition coefficient (Wildman–Crippen LogP) is 0.775. The van der Waals surface area contributed by atoms with Crippen LogP contribution in [0, 0.1) is 11.6 Å². The highest BCUT2D eigenvalue weighted by Crippen LogP contribution is 2.30. The van der Waals surface area contributed by atoms with Gasteiger partial charge in [0.05, 0.1) is 19.6 Å². The van der Waals surface area contributed by atoms with Gasteiger partial charge in [-0.2, -0.15) is 19.7 Å². The minimum atomic E-state index is -3.34. The average molecular weight is 447 g/mol. The van der Waals surface area contributed by atoms with Crippen molar-refractivity contribution in [1.29, 1.82) is 0 Å². The van der Waals surface area contributed by atoms with Crippen LogP contribution >= 0.6 is 12.2 Å². The van der Waals surface area contributed by atoms with E-state index in [1.807, 2.05) is 0 Å². The maximum Gasteiger partial charge on any atom is 0.257 e. The number of methoxy groups -OCH3 is 1. The largest absolute Gasteiger partial charge is 0.474 e. The second-order valence-electron chi connectivity index (χ2n) is 6.45. The molecule has 1 aromatic carbocycles. The third-order valence-corrected chi connectivity index (χ3v) is 6.16. The summed E-state index contributed by atoms with van der Waals surface area (Å²) in [7, 11) is -1.97. The topological polar surface area (TPSA) is 103 Å². The van der Waals surface area contributed by atoms with Crippen molar-refractivity contribution in [2.24, 2.45) is 0 Å². The lowest BCUT2D eigenvalue weighted by molar-refractivity contribution is 0.383. The van der Waals surface area contributed by atoms with Crippen molar-refractivity contribution in [3.8, 4) is 0 Å². The fourth-order valence-corrected chi connectivity index (χ4v) is 4.10. The Labute approximate surface area is 172 Å². The summed E-state index contributed by atoms with van der Waals surface area (Å²) >= 11 is 5.00. The molecular weight excluding hydrogens is 426 g/mol. The second kappa shape index (κ2) is 8.55. The molecule has 158 valence electrons. The zero-order valence-electron chi connectivity index (χ0n) is 15.7. The molecule has 29 heavy (non-hydrogen) atoms. The molecule has 13 heteroatoms. The lowest BCUT2D eigenvalue weighted by atomic mass is 10.0. The SMILES string of the molecule is COC(=S)NC(c1cc(F)c(N2CCN(S(C)(=O)=O)CC2)c(F)c1)c1cn[nH]n1. The van der Waals surface area contributed by atoms with Crippen molar-refractivity contribution in [2.45, 2.75) is 6.04 Å². The number of anilines is 1. The Morgan fingerprint density at radius 1 is 1.28 bits per heavy atom. The van der Waals surface area contributed by atoms with E-state index in [2.05, 4.69) is 20.7 Å². The number of hydrogen-bond acceptors (Lipinski definition) is 7. The van der Waals surface area contributed by atoms with Gasteiger partial charge in [0.2, 0.25) is 10.0 Å². The van der Waals surface area contributed by atoms with Gasteiger partial charge in [-0.05, 0) is 29.9 Å². The summed E-state index contributed by atoms with van der Waals surface area (Å²) in [6.45, 7) is 0.674. The zero-order valence-corrected chi connectivity index (χ0v) is 17.4. The van der Waals surface area contributed by atoms with E-state index in [9.17, 15) is 17.2 Å². The first-order chi connectivity index (χ1) is 13.7. The van der Waals surface area contributed by atoms with Crippen LogP contribution in [-0.4, -0.2) is 72.9 Å². The Morgan fingerprint density at radius 2 is 1.90 bits per heavy atom. The predicted molar refractivity (Wildman–Crippen MR) is 106 cm³/mol. The Bertz CT molecular complexity index is 956. The highest BCUT2D eigenvalue weighted by molar-refractivity contribution is 7.88. The molecule has 0 radical (unpaired) electrons. The number of aromatic nitrogens is 3. The van der Waals surface area contributed by atoms with Gasteiger partial charge in [-0.25, -0.2) is 17.2 Å². The van der Waals surface area contributed by atoms with Crippen molar-refractivity contribution < 1.29 is 21.9 Å². The van der Waals surface area contributed by atoms with E-state index in [0.29, 0.717) is 5.69 Å².